The van der Waals surface area contributed by atoms with E-state index in [1.54, 1.807) is 0 Å². The molecular weight excluding hydrogens is 174 g/mol. The van der Waals surface area contributed by atoms with Gasteiger partial charge in [0, 0.05) is 6.42 Å². The van der Waals surface area contributed by atoms with E-state index in [1.807, 2.05) is 6.92 Å². The molecule has 1 aliphatic carbocycles. The van der Waals surface area contributed by atoms with Gasteiger partial charge in [0.1, 0.15) is 0 Å². The second kappa shape index (κ2) is 4.30. The van der Waals surface area contributed by atoms with E-state index >= 15 is 0 Å². The lowest BCUT2D eigenvalue weighted by Gasteiger charge is -2.05. The van der Waals surface area contributed by atoms with Crippen molar-refractivity contribution in [2.75, 3.05) is 0 Å². The van der Waals surface area contributed by atoms with Crippen LogP contribution in [0.4, 0.5) is 8.78 Å². The quantitative estimate of drug-likeness (QED) is 0.648. The van der Waals surface area contributed by atoms with Crippen LogP contribution in [0.1, 0.15) is 26.2 Å². The van der Waals surface area contributed by atoms with Crippen molar-refractivity contribution in [3.63, 3.8) is 0 Å². The third-order valence-electron chi connectivity index (χ3n) is 2.00. The maximum Gasteiger partial charge on any atom is 0.225 e. The summed E-state index contributed by atoms with van der Waals surface area (Å²) in [5.41, 5.74) is 0.802. The van der Waals surface area contributed by atoms with Gasteiger partial charge in [-0.15, -0.1) is 0 Å². The lowest BCUT2D eigenvalue weighted by Crippen LogP contribution is -2.15. The van der Waals surface area contributed by atoms with Gasteiger partial charge in [0.2, 0.25) is 5.78 Å². The Bertz CT molecular complexity index is 266. The fourth-order valence-corrected chi connectivity index (χ4v) is 1.32. The Balaban J connectivity index is 2.78. The van der Waals surface area contributed by atoms with Crippen LogP contribution in [0, 0.1) is 0 Å². The van der Waals surface area contributed by atoms with Crippen LogP contribution in [0.2, 0.25) is 0 Å². The molecule has 1 nitrogen and oxygen atoms in total. The zero-order valence-electron chi connectivity index (χ0n) is 7.52. The number of hydrogen-bond acceptors (Lipinski definition) is 1. The molecule has 0 aromatic carbocycles. The van der Waals surface area contributed by atoms with E-state index < -0.39 is 17.8 Å². The highest BCUT2D eigenvalue weighted by Crippen LogP contribution is 2.21. The topological polar surface area (TPSA) is 17.1 Å². The maximum atomic E-state index is 13.0. The molecule has 1 atom stereocenters. The summed E-state index contributed by atoms with van der Waals surface area (Å²) in [6, 6.07) is 0. The minimum Gasteiger partial charge on any atom is -0.288 e. The Kier molecular flexibility index (Phi) is 3.34. The number of rotatable bonds is 2. The van der Waals surface area contributed by atoms with Gasteiger partial charge < -0.3 is 0 Å². The predicted octanol–water partition coefficient (Wildman–Crippen LogP) is 2.88. The minimum absolute atomic E-state index is 0.0383. The minimum atomic E-state index is -1.70. The molecule has 1 unspecified atom stereocenters. The smallest absolute Gasteiger partial charge is 0.225 e. The average Bonchev–Trinajstić information content (AvgIpc) is 2.21. The van der Waals surface area contributed by atoms with Crippen LogP contribution in [-0.4, -0.2) is 12.0 Å². The molecular formula is C10H12F2O. The van der Waals surface area contributed by atoms with Crippen LogP contribution in [0.5, 0.6) is 0 Å². The molecule has 0 bridgehead atoms. The SMILES string of the molecule is CCCC1=CC=C(F)C(=O)C(F)C1. The summed E-state index contributed by atoms with van der Waals surface area (Å²) in [5.74, 6) is -2.00. The van der Waals surface area contributed by atoms with Crippen LogP contribution in [0.25, 0.3) is 0 Å². The lowest BCUT2D eigenvalue weighted by atomic mass is 10.0. The molecule has 3 heteroatoms. The Morgan fingerprint density at radius 1 is 1.54 bits per heavy atom. The zero-order chi connectivity index (χ0) is 9.84. The van der Waals surface area contributed by atoms with E-state index in [9.17, 15) is 13.6 Å². The molecule has 1 aliphatic rings. The molecule has 1 rings (SSSR count). The Hall–Kier alpha value is -0.990. The Morgan fingerprint density at radius 2 is 2.23 bits per heavy atom. The van der Waals surface area contributed by atoms with Crippen LogP contribution >= 0.6 is 0 Å². The second-order valence-electron chi connectivity index (χ2n) is 3.13. The number of carbonyl (C=O) groups is 1. The maximum absolute atomic E-state index is 13.0. The summed E-state index contributed by atoms with van der Waals surface area (Å²) >= 11 is 0. The predicted molar refractivity (Wildman–Crippen MR) is 46.7 cm³/mol. The van der Waals surface area contributed by atoms with Gasteiger partial charge in [-0.1, -0.05) is 25.0 Å². The number of alkyl halides is 1. The van der Waals surface area contributed by atoms with E-state index in [-0.39, 0.29) is 6.42 Å². The van der Waals surface area contributed by atoms with Gasteiger partial charge in [-0.3, -0.25) is 4.79 Å². The third kappa shape index (κ3) is 2.47. The van der Waals surface area contributed by atoms with Gasteiger partial charge >= 0.3 is 0 Å². The molecule has 0 heterocycles. The summed E-state index contributed by atoms with van der Waals surface area (Å²) in [6.07, 6.45) is 2.51. The fraction of sp³-hybridized carbons (Fsp3) is 0.500. The fourth-order valence-electron chi connectivity index (χ4n) is 1.32. The van der Waals surface area contributed by atoms with Gasteiger partial charge in [-0.05, 0) is 12.5 Å². The van der Waals surface area contributed by atoms with E-state index in [0.29, 0.717) is 0 Å². The van der Waals surface area contributed by atoms with Gasteiger partial charge in [0.05, 0.1) is 0 Å². The highest BCUT2D eigenvalue weighted by atomic mass is 19.1. The highest BCUT2D eigenvalue weighted by Gasteiger charge is 2.24. The largest absolute Gasteiger partial charge is 0.288 e. The summed E-state index contributed by atoms with van der Waals surface area (Å²) < 4.78 is 25.7. The van der Waals surface area contributed by atoms with E-state index in [4.69, 9.17) is 0 Å². The summed E-state index contributed by atoms with van der Waals surface area (Å²) in [5, 5.41) is 0. The highest BCUT2D eigenvalue weighted by molar-refractivity contribution is 5.97. The van der Waals surface area contributed by atoms with Crippen molar-refractivity contribution in [3.05, 3.63) is 23.6 Å². The van der Waals surface area contributed by atoms with E-state index in [2.05, 4.69) is 0 Å². The average molecular weight is 186 g/mol. The van der Waals surface area contributed by atoms with Crippen molar-refractivity contribution in [2.45, 2.75) is 32.4 Å². The third-order valence-corrected chi connectivity index (χ3v) is 2.00. The Morgan fingerprint density at radius 3 is 2.85 bits per heavy atom. The molecule has 0 aromatic rings. The molecule has 0 N–H and O–H groups in total. The molecule has 0 fully saturated rings. The first-order valence-electron chi connectivity index (χ1n) is 4.38. The van der Waals surface area contributed by atoms with Crippen LogP contribution in [-0.2, 0) is 4.79 Å². The summed E-state index contributed by atoms with van der Waals surface area (Å²) in [7, 11) is 0. The first kappa shape index (κ1) is 10.1. The zero-order valence-corrected chi connectivity index (χ0v) is 7.52. The number of ketones is 1. The molecule has 13 heavy (non-hydrogen) atoms. The van der Waals surface area contributed by atoms with Gasteiger partial charge in [-0.25, -0.2) is 8.78 Å². The normalized spacial score (nSPS) is 23.6. The van der Waals surface area contributed by atoms with Crippen molar-refractivity contribution in [3.8, 4) is 0 Å². The van der Waals surface area contributed by atoms with Gasteiger partial charge in [0.25, 0.3) is 0 Å². The molecule has 72 valence electrons. The number of carbonyl (C=O) groups excluding carboxylic acids is 1. The van der Waals surface area contributed by atoms with Crippen LogP contribution < -0.4 is 0 Å². The molecule has 0 amide bonds. The molecule has 0 radical (unpaired) electrons. The summed E-state index contributed by atoms with van der Waals surface area (Å²) in [4.78, 5) is 10.8. The number of halogens is 2. The number of Topliss-reactive ketones (excluding diaryl/α,β-unsaturated/α-hetero) is 1. The van der Waals surface area contributed by atoms with Crippen molar-refractivity contribution < 1.29 is 13.6 Å². The standard InChI is InChI=1S/C10H12F2O/c1-2-3-7-4-5-8(11)10(13)9(12)6-7/h4-5,9H,2-3,6H2,1H3. The Labute approximate surface area is 76.1 Å². The molecule has 0 spiro atoms. The van der Waals surface area contributed by atoms with Crippen molar-refractivity contribution in [1.29, 1.82) is 0 Å². The first-order valence-corrected chi connectivity index (χ1v) is 4.38. The first-order chi connectivity index (χ1) is 6.15. The molecule has 0 aliphatic heterocycles. The molecule has 0 saturated heterocycles. The molecule has 0 saturated carbocycles. The van der Waals surface area contributed by atoms with Crippen molar-refractivity contribution >= 4 is 5.78 Å². The van der Waals surface area contributed by atoms with Crippen molar-refractivity contribution in [2.24, 2.45) is 0 Å². The van der Waals surface area contributed by atoms with Gasteiger partial charge in [0.15, 0.2) is 12.0 Å². The number of allylic oxidation sites excluding steroid dienone is 4. The van der Waals surface area contributed by atoms with Crippen LogP contribution in [0.15, 0.2) is 23.6 Å². The lowest BCUT2D eigenvalue weighted by molar-refractivity contribution is -0.121. The molecule has 0 aromatic heterocycles. The van der Waals surface area contributed by atoms with Gasteiger partial charge in [-0.2, -0.15) is 0 Å². The number of hydrogen-bond donors (Lipinski definition) is 0. The van der Waals surface area contributed by atoms with E-state index in [0.717, 1.165) is 24.5 Å². The monoisotopic (exact) mass is 186 g/mol. The summed E-state index contributed by atoms with van der Waals surface area (Å²) in [6.45, 7) is 1.96. The van der Waals surface area contributed by atoms with E-state index in [1.165, 1.54) is 6.08 Å². The van der Waals surface area contributed by atoms with Crippen LogP contribution in [0.3, 0.4) is 0 Å². The second-order valence-corrected chi connectivity index (χ2v) is 3.13. The van der Waals surface area contributed by atoms with Crippen molar-refractivity contribution in [1.82, 2.24) is 0 Å².